The Labute approximate surface area is 79.3 Å². The largest absolute Gasteiger partial charge is 0.375 e. The van der Waals surface area contributed by atoms with Crippen LogP contribution >= 0.6 is 0 Å². The number of allylic oxidation sites excluding steroid dienone is 2. The van der Waals surface area contributed by atoms with Crippen LogP contribution in [0, 0.1) is 0 Å². The van der Waals surface area contributed by atoms with Crippen LogP contribution in [0.3, 0.4) is 0 Å². The maximum atomic E-state index is 12.9. The van der Waals surface area contributed by atoms with E-state index in [2.05, 4.69) is 0 Å². The van der Waals surface area contributed by atoms with Gasteiger partial charge in [0, 0.05) is 6.04 Å². The normalized spacial score (nSPS) is 15.7. The van der Waals surface area contributed by atoms with Crippen molar-refractivity contribution in [2.24, 2.45) is 5.73 Å². The van der Waals surface area contributed by atoms with Crippen molar-refractivity contribution in [3.63, 3.8) is 0 Å². The standard InChI is InChI=1S/C10H18FNO/c1-8(2)13-7-6-10(11)5-4-9(3)12/h4-6,8-9H,7,12H2,1-3H3/b5-4-,10-6+. The first-order valence-corrected chi connectivity index (χ1v) is 4.43. The number of hydrogen-bond acceptors (Lipinski definition) is 2. The molecule has 0 fully saturated rings. The van der Waals surface area contributed by atoms with Crippen LogP contribution in [-0.4, -0.2) is 18.8 Å². The second kappa shape index (κ2) is 6.80. The molecule has 1 atom stereocenters. The van der Waals surface area contributed by atoms with Gasteiger partial charge in [0.05, 0.1) is 12.7 Å². The van der Waals surface area contributed by atoms with E-state index in [4.69, 9.17) is 10.5 Å². The first kappa shape index (κ1) is 12.3. The Bertz CT molecular complexity index is 185. The molecule has 0 aliphatic heterocycles. The van der Waals surface area contributed by atoms with Gasteiger partial charge in [-0.3, -0.25) is 0 Å². The minimum absolute atomic E-state index is 0.120. The highest BCUT2D eigenvalue weighted by molar-refractivity contribution is 5.12. The molecule has 0 aromatic carbocycles. The molecular weight excluding hydrogens is 169 g/mol. The minimum atomic E-state index is -0.307. The van der Waals surface area contributed by atoms with Gasteiger partial charge in [0.15, 0.2) is 0 Å². The molecule has 0 radical (unpaired) electrons. The molecule has 13 heavy (non-hydrogen) atoms. The Morgan fingerprint density at radius 1 is 1.46 bits per heavy atom. The highest BCUT2D eigenvalue weighted by Gasteiger charge is 1.92. The van der Waals surface area contributed by atoms with E-state index < -0.39 is 0 Å². The van der Waals surface area contributed by atoms with Gasteiger partial charge in [-0.15, -0.1) is 0 Å². The summed E-state index contributed by atoms with van der Waals surface area (Å²) in [4.78, 5) is 0. The van der Waals surface area contributed by atoms with Crippen LogP contribution in [-0.2, 0) is 4.74 Å². The van der Waals surface area contributed by atoms with Gasteiger partial charge in [-0.2, -0.15) is 0 Å². The van der Waals surface area contributed by atoms with Gasteiger partial charge in [0.25, 0.3) is 0 Å². The number of hydrogen-bond donors (Lipinski definition) is 1. The van der Waals surface area contributed by atoms with Gasteiger partial charge in [-0.25, -0.2) is 4.39 Å². The fourth-order valence-corrected chi connectivity index (χ4v) is 0.632. The molecule has 76 valence electrons. The van der Waals surface area contributed by atoms with Crippen molar-refractivity contribution in [3.05, 3.63) is 24.1 Å². The average Bonchev–Trinajstić information content (AvgIpc) is 2.00. The quantitative estimate of drug-likeness (QED) is 0.669. The van der Waals surface area contributed by atoms with E-state index in [9.17, 15) is 4.39 Å². The second-order valence-electron chi connectivity index (χ2n) is 3.19. The SMILES string of the molecule is CC(N)/C=C\C(F)=C/COC(C)C. The Hall–Kier alpha value is -0.670. The van der Waals surface area contributed by atoms with Crippen molar-refractivity contribution >= 4 is 0 Å². The van der Waals surface area contributed by atoms with Crippen molar-refractivity contribution in [1.29, 1.82) is 0 Å². The number of nitrogens with two attached hydrogens (primary N) is 1. The van der Waals surface area contributed by atoms with Gasteiger partial charge >= 0.3 is 0 Å². The third-order valence-electron chi connectivity index (χ3n) is 1.27. The summed E-state index contributed by atoms with van der Waals surface area (Å²) in [5.41, 5.74) is 5.41. The predicted molar refractivity (Wildman–Crippen MR) is 53.1 cm³/mol. The average molecular weight is 187 g/mol. The number of ether oxygens (including phenoxy) is 1. The zero-order valence-electron chi connectivity index (χ0n) is 8.46. The molecule has 0 heterocycles. The van der Waals surface area contributed by atoms with Crippen LogP contribution < -0.4 is 5.73 Å². The van der Waals surface area contributed by atoms with Crippen LogP contribution in [0.4, 0.5) is 4.39 Å². The van der Waals surface area contributed by atoms with Crippen LogP contribution in [0.1, 0.15) is 20.8 Å². The van der Waals surface area contributed by atoms with Gasteiger partial charge in [-0.1, -0.05) is 6.08 Å². The summed E-state index contributed by atoms with van der Waals surface area (Å²) in [6.07, 6.45) is 4.47. The molecular formula is C10H18FNO. The Kier molecular flexibility index (Phi) is 6.45. The topological polar surface area (TPSA) is 35.2 Å². The molecule has 0 saturated carbocycles. The van der Waals surface area contributed by atoms with E-state index in [-0.39, 0.29) is 18.0 Å². The Morgan fingerprint density at radius 2 is 2.08 bits per heavy atom. The molecule has 2 N–H and O–H groups in total. The summed E-state index contributed by atoms with van der Waals surface area (Å²) in [5.74, 6) is -0.307. The van der Waals surface area contributed by atoms with Crippen LogP contribution in [0.15, 0.2) is 24.1 Å². The summed E-state index contributed by atoms with van der Waals surface area (Å²) in [6, 6.07) is -0.120. The van der Waals surface area contributed by atoms with Crippen LogP contribution in [0.5, 0.6) is 0 Å². The summed E-state index contributed by atoms with van der Waals surface area (Å²) in [7, 11) is 0. The predicted octanol–water partition coefficient (Wildman–Crippen LogP) is 2.17. The van der Waals surface area contributed by atoms with E-state index >= 15 is 0 Å². The zero-order valence-corrected chi connectivity index (χ0v) is 8.46. The fraction of sp³-hybridized carbons (Fsp3) is 0.600. The monoisotopic (exact) mass is 187 g/mol. The van der Waals surface area contributed by atoms with Crippen molar-refractivity contribution in [1.82, 2.24) is 0 Å². The molecule has 2 nitrogen and oxygen atoms in total. The Balaban J connectivity index is 3.75. The number of rotatable bonds is 5. The smallest absolute Gasteiger partial charge is 0.121 e. The molecule has 0 spiro atoms. The summed E-state index contributed by atoms with van der Waals surface area (Å²) in [6.45, 7) is 5.90. The molecule has 0 amide bonds. The van der Waals surface area contributed by atoms with Crippen molar-refractivity contribution < 1.29 is 9.13 Å². The highest BCUT2D eigenvalue weighted by Crippen LogP contribution is 2.00. The van der Waals surface area contributed by atoms with E-state index in [1.807, 2.05) is 13.8 Å². The lowest BCUT2D eigenvalue weighted by molar-refractivity contribution is 0.102. The lowest BCUT2D eigenvalue weighted by Crippen LogP contribution is -2.10. The van der Waals surface area contributed by atoms with Gasteiger partial charge < -0.3 is 10.5 Å². The minimum Gasteiger partial charge on any atom is -0.375 e. The molecule has 1 unspecified atom stereocenters. The zero-order chi connectivity index (χ0) is 10.3. The van der Waals surface area contributed by atoms with E-state index in [0.717, 1.165) is 0 Å². The first-order valence-electron chi connectivity index (χ1n) is 4.43. The highest BCUT2D eigenvalue weighted by atomic mass is 19.1. The molecule has 0 aliphatic carbocycles. The van der Waals surface area contributed by atoms with Crippen LogP contribution in [0.2, 0.25) is 0 Å². The molecule has 0 aliphatic rings. The summed E-state index contributed by atoms with van der Waals surface area (Å²) >= 11 is 0. The second-order valence-corrected chi connectivity index (χ2v) is 3.19. The molecule has 0 bridgehead atoms. The first-order chi connectivity index (χ1) is 6.02. The molecule has 0 saturated heterocycles. The lowest BCUT2D eigenvalue weighted by atomic mass is 10.3. The van der Waals surface area contributed by atoms with Gasteiger partial charge in [0.2, 0.25) is 0 Å². The van der Waals surface area contributed by atoms with E-state index in [1.54, 1.807) is 13.0 Å². The van der Waals surface area contributed by atoms with E-state index in [0.29, 0.717) is 6.61 Å². The van der Waals surface area contributed by atoms with Crippen molar-refractivity contribution in [2.45, 2.75) is 32.9 Å². The maximum absolute atomic E-state index is 12.9. The third-order valence-corrected chi connectivity index (χ3v) is 1.27. The Morgan fingerprint density at radius 3 is 2.54 bits per heavy atom. The summed E-state index contributed by atoms with van der Waals surface area (Å²) < 4.78 is 18.0. The lowest BCUT2D eigenvalue weighted by Gasteiger charge is -2.02. The molecule has 0 aromatic rings. The van der Waals surface area contributed by atoms with Gasteiger partial charge in [-0.05, 0) is 32.9 Å². The van der Waals surface area contributed by atoms with Crippen molar-refractivity contribution in [3.8, 4) is 0 Å². The third kappa shape index (κ3) is 9.24. The van der Waals surface area contributed by atoms with Crippen molar-refractivity contribution in [2.75, 3.05) is 6.61 Å². The van der Waals surface area contributed by atoms with Crippen LogP contribution in [0.25, 0.3) is 0 Å². The number of halogens is 1. The summed E-state index contributed by atoms with van der Waals surface area (Å²) in [5, 5.41) is 0. The maximum Gasteiger partial charge on any atom is 0.121 e. The van der Waals surface area contributed by atoms with E-state index in [1.165, 1.54) is 12.2 Å². The molecule has 0 rings (SSSR count). The fourth-order valence-electron chi connectivity index (χ4n) is 0.632. The van der Waals surface area contributed by atoms with Gasteiger partial charge in [0.1, 0.15) is 5.83 Å². The molecule has 3 heteroatoms. The molecule has 0 aromatic heterocycles.